The zero-order chi connectivity index (χ0) is 11.4. The Kier molecular flexibility index (Phi) is 3.62. The highest BCUT2D eigenvalue weighted by molar-refractivity contribution is 5.24. The molecule has 0 saturated carbocycles. The van der Waals surface area contributed by atoms with Crippen molar-refractivity contribution in [2.75, 3.05) is 13.7 Å². The second-order valence-corrected chi connectivity index (χ2v) is 4.27. The fourth-order valence-corrected chi connectivity index (χ4v) is 1.98. The minimum atomic E-state index is 0.310. The Morgan fingerprint density at radius 3 is 2.62 bits per heavy atom. The molecule has 0 spiro atoms. The molecule has 1 aromatic carbocycles. The highest BCUT2D eigenvalue weighted by atomic mass is 16.5. The van der Waals surface area contributed by atoms with Crippen molar-refractivity contribution >= 4 is 0 Å². The predicted molar refractivity (Wildman–Crippen MR) is 66.4 cm³/mol. The third-order valence-corrected chi connectivity index (χ3v) is 2.98. The van der Waals surface area contributed by atoms with Gasteiger partial charge in [-0.05, 0) is 32.0 Å². The molecule has 0 saturated heterocycles. The van der Waals surface area contributed by atoms with E-state index >= 15 is 0 Å². The van der Waals surface area contributed by atoms with Gasteiger partial charge in [-0.1, -0.05) is 29.8 Å². The Morgan fingerprint density at radius 1 is 1.31 bits per heavy atom. The van der Waals surface area contributed by atoms with Crippen molar-refractivity contribution in [3.63, 3.8) is 0 Å². The largest absolute Gasteiger partial charge is 0.496 e. The molecule has 0 radical (unpaired) electrons. The lowest BCUT2D eigenvalue weighted by Crippen LogP contribution is -2.30. The molecule has 1 heterocycles. The molecule has 1 unspecified atom stereocenters. The Bertz CT molecular complexity index is 367. The molecule has 0 aromatic heterocycles. The van der Waals surface area contributed by atoms with Gasteiger partial charge in [-0.15, -0.1) is 0 Å². The number of rotatable bonds is 4. The van der Waals surface area contributed by atoms with Gasteiger partial charge < -0.3 is 10.1 Å². The minimum Gasteiger partial charge on any atom is -0.496 e. The summed E-state index contributed by atoms with van der Waals surface area (Å²) in [5.41, 5.74) is 2.66. The summed E-state index contributed by atoms with van der Waals surface area (Å²) in [5, 5.41) is 3.31. The highest BCUT2D eigenvalue weighted by Gasteiger charge is 2.17. The zero-order valence-electron chi connectivity index (χ0n) is 9.99. The summed E-state index contributed by atoms with van der Waals surface area (Å²) in [6.07, 6.45) is 4.22. The molecule has 1 N–H and O–H groups in total. The normalized spacial score (nSPS) is 16.8. The van der Waals surface area contributed by atoms with Crippen molar-refractivity contribution < 1.29 is 4.74 Å². The van der Waals surface area contributed by atoms with Crippen LogP contribution in [0.1, 0.15) is 17.5 Å². The quantitative estimate of drug-likeness (QED) is 0.836. The molecule has 0 bridgehead atoms. The third-order valence-electron chi connectivity index (χ3n) is 2.98. The van der Waals surface area contributed by atoms with Crippen LogP contribution in [0, 0.1) is 6.92 Å². The van der Waals surface area contributed by atoms with Crippen molar-refractivity contribution in [3.8, 4) is 0 Å². The zero-order valence-corrected chi connectivity index (χ0v) is 9.99. The fourth-order valence-electron chi connectivity index (χ4n) is 1.98. The van der Waals surface area contributed by atoms with E-state index in [9.17, 15) is 0 Å². The second kappa shape index (κ2) is 5.17. The molecule has 2 heteroatoms. The first-order chi connectivity index (χ1) is 7.79. The van der Waals surface area contributed by atoms with Gasteiger partial charge in [-0.25, -0.2) is 0 Å². The minimum absolute atomic E-state index is 0.310. The van der Waals surface area contributed by atoms with E-state index in [1.807, 2.05) is 7.05 Å². The highest BCUT2D eigenvalue weighted by Crippen LogP contribution is 2.17. The molecule has 1 aliphatic heterocycles. The van der Waals surface area contributed by atoms with Gasteiger partial charge in [0.15, 0.2) is 0 Å². The van der Waals surface area contributed by atoms with Crippen LogP contribution in [0.5, 0.6) is 0 Å². The van der Waals surface area contributed by atoms with Crippen molar-refractivity contribution in [3.05, 3.63) is 47.2 Å². The van der Waals surface area contributed by atoms with Gasteiger partial charge in [0.1, 0.15) is 5.76 Å². The summed E-state index contributed by atoms with van der Waals surface area (Å²) in [6, 6.07) is 9.01. The number of nitrogens with one attached hydrogen (secondary N) is 1. The van der Waals surface area contributed by atoms with Gasteiger partial charge in [-0.2, -0.15) is 0 Å². The van der Waals surface area contributed by atoms with Crippen molar-refractivity contribution in [2.24, 2.45) is 0 Å². The van der Waals surface area contributed by atoms with Gasteiger partial charge in [0, 0.05) is 6.42 Å². The van der Waals surface area contributed by atoms with Gasteiger partial charge in [0.2, 0.25) is 0 Å². The van der Waals surface area contributed by atoms with Gasteiger partial charge in [0.05, 0.1) is 12.6 Å². The summed E-state index contributed by atoms with van der Waals surface area (Å²) in [6.45, 7) is 2.95. The van der Waals surface area contributed by atoms with Crippen LogP contribution in [0.4, 0.5) is 0 Å². The SMILES string of the molecule is CNC(Cc1ccc(C)cc1)C1=CCCO1. The van der Waals surface area contributed by atoms with E-state index in [1.54, 1.807) is 0 Å². The van der Waals surface area contributed by atoms with E-state index in [4.69, 9.17) is 4.74 Å². The molecule has 2 rings (SSSR count). The Morgan fingerprint density at radius 2 is 2.06 bits per heavy atom. The number of hydrogen-bond acceptors (Lipinski definition) is 2. The maximum Gasteiger partial charge on any atom is 0.109 e. The smallest absolute Gasteiger partial charge is 0.109 e. The molecule has 0 amide bonds. The molecule has 2 nitrogen and oxygen atoms in total. The molecule has 0 fully saturated rings. The molecule has 86 valence electrons. The predicted octanol–water partition coefficient (Wildman–Crippen LogP) is 2.43. The Hall–Kier alpha value is -1.28. The number of aryl methyl sites for hydroxylation is 1. The molecule has 1 atom stereocenters. The lowest BCUT2D eigenvalue weighted by Gasteiger charge is -2.17. The van der Waals surface area contributed by atoms with Crippen LogP contribution in [0.25, 0.3) is 0 Å². The fraction of sp³-hybridized carbons (Fsp3) is 0.429. The van der Waals surface area contributed by atoms with E-state index in [0.29, 0.717) is 6.04 Å². The first-order valence-electron chi connectivity index (χ1n) is 5.85. The first kappa shape index (κ1) is 11.2. The molecule has 0 aliphatic carbocycles. The van der Waals surface area contributed by atoms with Gasteiger partial charge >= 0.3 is 0 Å². The van der Waals surface area contributed by atoms with Crippen molar-refractivity contribution in [1.82, 2.24) is 5.32 Å². The van der Waals surface area contributed by atoms with E-state index in [-0.39, 0.29) is 0 Å². The summed E-state index contributed by atoms with van der Waals surface area (Å²) in [4.78, 5) is 0. The summed E-state index contributed by atoms with van der Waals surface area (Å²) in [7, 11) is 1.99. The summed E-state index contributed by atoms with van der Waals surface area (Å²) < 4.78 is 5.60. The molecule has 1 aliphatic rings. The number of benzene rings is 1. The second-order valence-electron chi connectivity index (χ2n) is 4.27. The van der Waals surface area contributed by atoms with Crippen LogP contribution in [-0.4, -0.2) is 19.7 Å². The van der Waals surface area contributed by atoms with Crippen molar-refractivity contribution in [1.29, 1.82) is 0 Å². The van der Waals surface area contributed by atoms with Crippen LogP contribution < -0.4 is 5.32 Å². The number of ether oxygens (including phenoxy) is 1. The molecular formula is C14H19NO. The van der Waals surface area contributed by atoms with Crippen LogP contribution in [0.3, 0.4) is 0 Å². The van der Waals surface area contributed by atoms with E-state index in [2.05, 4.69) is 42.6 Å². The summed E-state index contributed by atoms with van der Waals surface area (Å²) >= 11 is 0. The maximum absolute atomic E-state index is 5.60. The lowest BCUT2D eigenvalue weighted by molar-refractivity contribution is 0.217. The van der Waals surface area contributed by atoms with Gasteiger partial charge in [0.25, 0.3) is 0 Å². The topological polar surface area (TPSA) is 21.3 Å². The van der Waals surface area contributed by atoms with Crippen molar-refractivity contribution in [2.45, 2.75) is 25.8 Å². The van der Waals surface area contributed by atoms with E-state index < -0.39 is 0 Å². The summed E-state index contributed by atoms with van der Waals surface area (Å²) in [5.74, 6) is 1.10. The Labute approximate surface area is 97.3 Å². The molecule has 16 heavy (non-hydrogen) atoms. The monoisotopic (exact) mass is 217 g/mol. The Balaban J connectivity index is 2.03. The first-order valence-corrected chi connectivity index (χ1v) is 5.85. The van der Waals surface area contributed by atoms with Crippen LogP contribution in [0.15, 0.2) is 36.1 Å². The average molecular weight is 217 g/mol. The van der Waals surface area contributed by atoms with E-state index in [1.165, 1.54) is 11.1 Å². The van der Waals surface area contributed by atoms with Crippen LogP contribution in [-0.2, 0) is 11.2 Å². The van der Waals surface area contributed by atoms with Crippen LogP contribution in [0.2, 0.25) is 0 Å². The van der Waals surface area contributed by atoms with Gasteiger partial charge in [-0.3, -0.25) is 0 Å². The average Bonchev–Trinajstić information content (AvgIpc) is 2.82. The number of likely N-dealkylation sites (N-methyl/N-ethyl adjacent to an activating group) is 1. The lowest BCUT2D eigenvalue weighted by atomic mass is 10.0. The standard InChI is InChI=1S/C14H19NO/c1-11-5-7-12(8-6-11)10-13(15-2)14-4-3-9-16-14/h4-8,13,15H,3,9-10H2,1-2H3. The molecular weight excluding hydrogens is 198 g/mol. The van der Waals surface area contributed by atoms with E-state index in [0.717, 1.165) is 25.2 Å². The van der Waals surface area contributed by atoms with Crippen LogP contribution >= 0.6 is 0 Å². The third kappa shape index (κ3) is 2.64. The maximum atomic E-state index is 5.60. The molecule has 1 aromatic rings. The number of hydrogen-bond donors (Lipinski definition) is 1.